The van der Waals surface area contributed by atoms with E-state index in [0.717, 1.165) is 17.7 Å². The molecule has 110 valence electrons. The second-order valence-electron chi connectivity index (χ2n) is 5.21. The number of hydrogen-bond donors (Lipinski definition) is 1. The summed E-state index contributed by atoms with van der Waals surface area (Å²) < 4.78 is 27.3. The Bertz CT molecular complexity index is 784. The van der Waals surface area contributed by atoms with Crippen molar-refractivity contribution in [3.05, 3.63) is 59.2 Å². The molecule has 3 rings (SSSR count). The zero-order valence-electron chi connectivity index (χ0n) is 11.8. The van der Waals surface area contributed by atoms with Crippen LogP contribution in [0, 0.1) is 6.92 Å². The van der Waals surface area contributed by atoms with Crippen LogP contribution in [0.25, 0.3) is 0 Å². The maximum atomic E-state index is 12.9. The van der Waals surface area contributed by atoms with Gasteiger partial charge in [-0.05, 0) is 42.2 Å². The first-order chi connectivity index (χ1) is 10.0. The summed E-state index contributed by atoms with van der Waals surface area (Å²) >= 11 is 0. The summed E-state index contributed by atoms with van der Waals surface area (Å²) in [7, 11) is -3.59. The molecule has 1 aliphatic rings. The number of aryl methyl sites for hydroxylation is 1. The first kappa shape index (κ1) is 14.1. The Kier molecular flexibility index (Phi) is 3.47. The largest absolute Gasteiger partial charge is 0.392 e. The summed E-state index contributed by atoms with van der Waals surface area (Å²) in [5.41, 5.74) is 3.10. The number of para-hydroxylation sites is 1. The first-order valence-corrected chi connectivity index (χ1v) is 8.29. The molecule has 0 fully saturated rings. The lowest BCUT2D eigenvalue weighted by Crippen LogP contribution is -2.29. The van der Waals surface area contributed by atoms with E-state index in [0.29, 0.717) is 17.7 Å². The number of aliphatic hydroxyl groups is 1. The molecule has 1 heterocycles. The molecule has 0 spiro atoms. The van der Waals surface area contributed by atoms with Gasteiger partial charge in [0.15, 0.2) is 0 Å². The Morgan fingerprint density at radius 2 is 1.95 bits per heavy atom. The van der Waals surface area contributed by atoms with E-state index in [4.69, 9.17) is 0 Å². The van der Waals surface area contributed by atoms with Gasteiger partial charge in [0.05, 0.1) is 17.2 Å². The van der Waals surface area contributed by atoms with Gasteiger partial charge in [0.25, 0.3) is 10.0 Å². The lowest BCUT2D eigenvalue weighted by atomic mass is 10.2. The SMILES string of the molecule is Cc1ccc(CO)cc1S(=O)(=O)N1CCc2ccccc21. The van der Waals surface area contributed by atoms with Gasteiger partial charge in [-0.25, -0.2) is 8.42 Å². The molecule has 4 nitrogen and oxygen atoms in total. The van der Waals surface area contributed by atoms with Crippen LogP contribution in [0.1, 0.15) is 16.7 Å². The minimum absolute atomic E-state index is 0.167. The lowest BCUT2D eigenvalue weighted by molar-refractivity contribution is 0.281. The van der Waals surface area contributed by atoms with E-state index in [2.05, 4.69) is 0 Å². The van der Waals surface area contributed by atoms with Gasteiger partial charge in [-0.1, -0.05) is 30.3 Å². The number of anilines is 1. The number of hydrogen-bond acceptors (Lipinski definition) is 3. The second-order valence-corrected chi connectivity index (χ2v) is 7.04. The topological polar surface area (TPSA) is 57.6 Å². The molecule has 0 amide bonds. The van der Waals surface area contributed by atoms with E-state index in [1.165, 1.54) is 4.31 Å². The Balaban J connectivity index is 2.10. The van der Waals surface area contributed by atoms with Crippen molar-refractivity contribution < 1.29 is 13.5 Å². The molecule has 2 aromatic rings. The van der Waals surface area contributed by atoms with Crippen LogP contribution in [0.15, 0.2) is 47.4 Å². The summed E-state index contributed by atoms with van der Waals surface area (Å²) in [4.78, 5) is 0.269. The molecule has 0 saturated carbocycles. The van der Waals surface area contributed by atoms with Gasteiger partial charge in [-0.3, -0.25) is 4.31 Å². The molecule has 2 aromatic carbocycles. The van der Waals surface area contributed by atoms with Crippen molar-refractivity contribution in [3.8, 4) is 0 Å². The quantitative estimate of drug-likeness (QED) is 0.946. The number of fused-ring (bicyclic) bond motifs is 1. The molecule has 21 heavy (non-hydrogen) atoms. The normalized spacial score (nSPS) is 14.3. The zero-order valence-corrected chi connectivity index (χ0v) is 12.6. The van der Waals surface area contributed by atoms with E-state index in [1.807, 2.05) is 24.3 Å². The Morgan fingerprint density at radius 3 is 2.71 bits per heavy atom. The van der Waals surface area contributed by atoms with Gasteiger partial charge >= 0.3 is 0 Å². The van der Waals surface area contributed by atoms with Gasteiger partial charge in [0.2, 0.25) is 0 Å². The minimum atomic E-state index is -3.59. The highest BCUT2D eigenvalue weighted by Crippen LogP contribution is 2.33. The van der Waals surface area contributed by atoms with Crippen molar-refractivity contribution in [1.29, 1.82) is 0 Å². The maximum Gasteiger partial charge on any atom is 0.264 e. The average Bonchev–Trinajstić information content (AvgIpc) is 2.92. The Morgan fingerprint density at radius 1 is 1.19 bits per heavy atom. The van der Waals surface area contributed by atoms with Crippen molar-refractivity contribution in [2.45, 2.75) is 24.8 Å². The maximum absolute atomic E-state index is 12.9. The van der Waals surface area contributed by atoms with Crippen LogP contribution in [-0.2, 0) is 23.1 Å². The number of aliphatic hydroxyl groups excluding tert-OH is 1. The highest BCUT2D eigenvalue weighted by molar-refractivity contribution is 7.93. The fourth-order valence-corrected chi connectivity index (χ4v) is 4.48. The smallest absolute Gasteiger partial charge is 0.264 e. The van der Waals surface area contributed by atoms with Crippen molar-refractivity contribution in [2.24, 2.45) is 0 Å². The van der Waals surface area contributed by atoms with E-state index in [9.17, 15) is 13.5 Å². The third-order valence-electron chi connectivity index (χ3n) is 3.85. The minimum Gasteiger partial charge on any atom is -0.392 e. The summed E-state index contributed by atoms with van der Waals surface area (Å²) in [6.07, 6.45) is 0.730. The van der Waals surface area contributed by atoms with Gasteiger partial charge in [-0.2, -0.15) is 0 Å². The number of nitrogens with zero attached hydrogens (tertiary/aromatic N) is 1. The van der Waals surface area contributed by atoms with E-state index >= 15 is 0 Å². The zero-order chi connectivity index (χ0) is 15.0. The predicted molar refractivity (Wildman–Crippen MR) is 81.8 cm³/mol. The monoisotopic (exact) mass is 303 g/mol. The molecule has 0 radical (unpaired) electrons. The van der Waals surface area contributed by atoms with Crippen LogP contribution in [-0.4, -0.2) is 20.1 Å². The highest BCUT2D eigenvalue weighted by Gasteiger charge is 2.31. The fraction of sp³-hybridized carbons (Fsp3) is 0.250. The van der Waals surface area contributed by atoms with Gasteiger partial charge in [0, 0.05) is 6.54 Å². The molecule has 0 bridgehead atoms. The number of benzene rings is 2. The van der Waals surface area contributed by atoms with Gasteiger partial charge < -0.3 is 5.11 Å². The molecule has 5 heteroatoms. The summed E-state index contributed by atoms with van der Waals surface area (Å²) in [6.45, 7) is 2.07. The van der Waals surface area contributed by atoms with Crippen molar-refractivity contribution in [3.63, 3.8) is 0 Å². The summed E-state index contributed by atoms with van der Waals surface area (Å²) in [6, 6.07) is 12.6. The molecule has 0 atom stereocenters. The van der Waals surface area contributed by atoms with Crippen LogP contribution in [0.4, 0.5) is 5.69 Å². The molecular formula is C16H17NO3S. The Labute approximate surface area is 124 Å². The second kappa shape index (κ2) is 5.16. The van der Waals surface area contributed by atoms with Crippen LogP contribution in [0.5, 0.6) is 0 Å². The standard InChI is InChI=1S/C16H17NO3S/c1-12-6-7-13(11-18)10-16(12)21(19,20)17-9-8-14-4-2-3-5-15(14)17/h2-7,10,18H,8-9,11H2,1H3. The van der Waals surface area contributed by atoms with E-state index in [1.54, 1.807) is 25.1 Å². The third-order valence-corrected chi connectivity index (χ3v) is 5.80. The van der Waals surface area contributed by atoms with Gasteiger partial charge in [0.1, 0.15) is 0 Å². The molecule has 0 aromatic heterocycles. The van der Waals surface area contributed by atoms with Crippen molar-refractivity contribution >= 4 is 15.7 Å². The molecule has 1 N–H and O–H groups in total. The molecule has 1 aliphatic heterocycles. The summed E-state index contributed by atoms with van der Waals surface area (Å²) in [5.74, 6) is 0. The highest BCUT2D eigenvalue weighted by atomic mass is 32.2. The number of sulfonamides is 1. The number of rotatable bonds is 3. The van der Waals surface area contributed by atoms with E-state index in [-0.39, 0.29) is 11.5 Å². The molecule has 0 unspecified atom stereocenters. The van der Waals surface area contributed by atoms with Gasteiger partial charge in [-0.15, -0.1) is 0 Å². The lowest BCUT2D eigenvalue weighted by Gasteiger charge is -2.21. The van der Waals surface area contributed by atoms with Crippen LogP contribution >= 0.6 is 0 Å². The average molecular weight is 303 g/mol. The Hall–Kier alpha value is -1.85. The third kappa shape index (κ3) is 2.32. The molecule has 0 saturated heterocycles. The van der Waals surface area contributed by atoms with Crippen LogP contribution in [0.2, 0.25) is 0 Å². The summed E-state index contributed by atoms with van der Waals surface area (Å²) in [5, 5.41) is 9.23. The molecular weight excluding hydrogens is 286 g/mol. The van der Waals surface area contributed by atoms with E-state index < -0.39 is 10.0 Å². The van der Waals surface area contributed by atoms with Crippen LogP contribution < -0.4 is 4.31 Å². The first-order valence-electron chi connectivity index (χ1n) is 6.85. The fourth-order valence-electron chi connectivity index (χ4n) is 2.70. The molecule has 0 aliphatic carbocycles. The van der Waals surface area contributed by atoms with Crippen LogP contribution in [0.3, 0.4) is 0 Å². The predicted octanol–water partition coefficient (Wildman–Crippen LogP) is 2.24. The van der Waals surface area contributed by atoms with Crippen molar-refractivity contribution in [2.75, 3.05) is 10.8 Å². The van der Waals surface area contributed by atoms with Crippen molar-refractivity contribution in [1.82, 2.24) is 0 Å².